The van der Waals surface area contributed by atoms with Crippen LogP contribution < -0.4 is 5.32 Å². The van der Waals surface area contributed by atoms with Crippen LogP contribution in [-0.2, 0) is 6.54 Å². The molecule has 7 heteroatoms. The number of benzene rings is 2. The Morgan fingerprint density at radius 2 is 1.79 bits per heavy atom. The van der Waals surface area contributed by atoms with Crippen LogP contribution in [0.5, 0.6) is 0 Å². The van der Waals surface area contributed by atoms with E-state index in [-0.39, 0.29) is 5.91 Å². The Kier molecular flexibility index (Phi) is 5.55. The van der Waals surface area contributed by atoms with Crippen molar-refractivity contribution in [3.63, 3.8) is 0 Å². The van der Waals surface area contributed by atoms with Gasteiger partial charge in [-0.15, -0.1) is 0 Å². The van der Waals surface area contributed by atoms with Crippen LogP contribution >= 0.6 is 23.2 Å². The van der Waals surface area contributed by atoms with Gasteiger partial charge >= 0.3 is 0 Å². The lowest BCUT2D eigenvalue weighted by molar-refractivity contribution is 0.0793. The monoisotopic (exact) mass is 415 g/mol. The highest BCUT2D eigenvalue weighted by atomic mass is 35.5. The maximum absolute atomic E-state index is 12.8. The number of carbonyl (C=O) groups excluding carboxylic acids is 1. The van der Waals surface area contributed by atoms with E-state index in [1.54, 1.807) is 30.5 Å². The molecule has 28 heavy (non-hydrogen) atoms. The van der Waals surface area contributed by atoms with Crippen LogP contribution in [0, 0.1) is 0 Å². The fourth-order valence-electron chi connectivity index (χ4n) is 3.25. The molecule has 1 aliphatic rings. The van der Waals surface area contributed by atoms with E-state index in [4.69, 9.17) is 27.6 Å². The van der Waals surface area contributed by atoms with Gasteiger partial charge in [-0.05, 0) is 55.3 Å². The molecule has 0 spiro atoms. The molecule has 1 aliphatic heterocycles. The highest BCUT2D eigenvalue weighted by Gasteiger charge is 2.22. The summed E-state index contributed by atoms with van der Waals surface area (Å²) in [6.45, 7) is 1.93. The molecule has 2 aromatic carbocycles. The number of halogens is 2. The van der Waals surface area contributed by atoms with E-state index in [0.717, 1.165) is 31.5 Å². The van der Waals surface area contributed by atoms with Gasteiger partial charge in [-0.3, -0.25) is 4.79 Å². The number of anilines is 1. The minimum atomic E-state index is -0.00300. The molecule has 1 amide bonds. The quantitative estimate of drug-likeness (QED) is 0.597. The average molecular weight is 416 g/mol. The third-order valence-electron chi connectivity index (χ3n) is 4.72. The van der Waals surface area contributed by atoms with Crippen molar-refractivity contribution in [1.82, 2.24) is 9.88 Å². The number of aromatic nitrogens is 1. The number of hydrogen-bond acceptors (Lipinski definition) is 4. The Bertz CT molecular complexity index is 980. The zero-order chi connectivity index (χ0) is 19.5. The van der Waals surface area contributed by atoms with Crippen molar-refractivity contribution in [3.8, 4) is 11.3 Å². The second kappa shape index (κ2) is 8.25. The van der Waals surface area contributed by atoms with E-state index in [0.29, 0.717) is 39.5 Å². The zero-order valence-corrected chi connectivity index (χ0v) is 16.6. The van der Waals surface area contributed by atoms with Gasteiger partial charge in [0.25, 0.3) is 5.91 Å². The Balaban J connectivity index is 1.49. The van der Waals surface area contributed by atoms with Crippen molar-refractivity contribution in [2.45, 2.75) is 19.4 Å². The van der Waals surface area contributed by atoms with Crippen LogP contribution in [0.1, 0.15) is 29.1 Å². The molecule has 0 bridgehead atoms. The third kappa shape index (κ3) is 4.16. The van der Waals surface area contributed by atoms with Crippen molar-refractivity contribution >= 4 is 34.8 Å². The first kappa shape index (κ1) is 18.8. The molecule has 0 aliphatic carbocycles. The Labute approximate surface area is 173 Å². The van der Waals surface area contributed by atoms with Crippen LogP contribution in [0.4, 0.5) is 5.69 Å². The molecule has 3 aromatic rings. The van der Waals surface area contributed by atoms with E-state index in [1.807, 2.05) is 23.1 Å². The number of nitrogens with zero attached hydrogens (tertiary/aromatic N) is 2. The Hall–Kier alpha value is -2.50. The van der Waals surface area contributed by atoms with Crippen molar-refractivity contribution in [1.29, 1.82) is 0 Å². The summed E-state index contributed by atoms with van der Waals surface area (Å²) in [6, 6.07) is 12.7. The minimum Gasteiger partial charge on any atom is -0.439 e. The molecule has 1 saturated heterocycles. The molecule has 0 radical (unpaired) electrons. The molecule has 1 N–H and O–H groups in total. The molecule has 4 rings (SSSR count). The van der Waals surface area contributed by atoms with Gasteiger partial charge in [0.15, 0.2) is 5.76 Å². The topological polar surface area (TPSA) is 58.4 Å². The van der Waals surface area contributed by atoms with Crippen LogP contribution in [0.3, 0.4) is 0 Å². The van der Waals surface area contributed by atoms with E-state index in [1.165, 1.54) is 0 Å². The average Bonchev–Trinajstić information content (AvgIpc) is 3.39. The first-order chi connectivity index (χ1) is 13.6. The summed E-state index contributed by atoms with van der Waals surface area (Å²) in [5.74, 6) is 1.19. The number of carbonyl (C=O) groups is 1. The van der Waals surface area contributed by atoms with Crippen molar-refractivity contribution in [2.75, 3.05) is 18.4 Å². The van der Waals surface area contributed by atoms with Gasteiger partial charge in [-0.1, -0.05) is 23.2 Å². The number of hydrogen-bond donors (Lipinski definition) is 1. The molecule has 0 saturated carbocycles. The van der Waals surface area contributed by atoms with Crippen molar-refractivity contribution < 1.29 is 9.21 Å². The lowest BCUT2D eigenvalue weighted by Crippen LogP contribution is -2.28. The third-order valence-corrected chi connectivity index (χ3v) is 5.20. The van der Waals surface area contributed by atoms with Crippen LogP contribution in [-0.4, -0.2) is 28.9 Å². The summed E-state index contributed by atoms with van der Waals surface area (Å²) in [6.07, 6.45) is 3.76. The molecule has 5 nitrogen and oxygen atoms in total. The van der Waals surface area contributed by atoms with Crippen LogP contribution in [0.2, 0.25) is 10.0 Å². The summed E-state index contributed by atoms with van der Waals surface area (Å²) in [5, 5.41) is 4.46. The second-order valence-electron chi connectivity index (χ2n) is 6.67. The lowest BCUT2D eigenvalue weighted by atomic mass is 10.1. The number of oxazole rings is 1. The SMILES string of the molecule is O=C(c1cc(Cl)ccc1NCc1ncc(-c2ccc(Cl)cc2)o1)N1CCCC1. The van der Waals surface area contributed by atoms with E-state index in [2.05, 4.69) is 10.3 Å². The van der Waals surface area contributed by atoms with E-state index >= 15 is 0 Å². The predicted molar refractivity (Wildman–Crippen MR) is 111 cm³/mol. The van der Waals surface area contributed by atoms with Crippen LogP contribution in [0.25, 0.3) is 11.3 Å². The largest absolute Gasteiger partial charge is 0.439 e. The minimum absolute atomic E-state index is 0.00300. The normalized spacial score (nSPS) is 13.7. The van der Waals surface area contributed by atoms with Crippen LogP contribution in [0.15, 0.2) is 53.1 Å². The van der Waals surface area contributed by atoms with Gasteiger partial charge in [0.1, 0.15) is 0 Å². The Morgan fingerprint density at radius 3 is 2.54 bits per heavy atom. The maximum atomic E-state index is 12.8. The smallest absolute Gasteiger partial charge is 0.256 e. The number of rotatable bonds is 5. The van der Waals surface area contributed by atoms with Gasteiger partial charge in [-0.2, -0.15) is 0 Å². The first-order valence-electron chi connectivity index (χ1n) is 9.13. The summed E-state index contributed by atoms with van der Waals surface area (Å²) in [7, 11) is 0. The van der Waals surface area contributed by atoms with E-state index in [9.17, 15) is 4.79 Å². The van der Waals surface area contributed by atoms with Crippen molar-refractivity contribution in [3.05, 3.63) is 70.2 Å². The summed E-state index contributed by atoms with van der Waals surface area (Å²) in [4.78, 5) is 19.0. The standard InChI is InChI=1S/C21H19Cl2N3O2/c22-15-5-3-14(4-6-15)19-12-25-20(28-19)13-24-18-8-7-16(23)11-17(18)21(27)26-9-1-2-10-26/h3-8,11-12,24H,1-2,9-10,13H2. The molecule has 0 unspecified atom stereocenters. The van der Waals surface area contributed by atoms with Gasteiger partial charge < -0.3 is 14.6 Å². The fourth-order valence-corrected chi connectivity index (χ4v) is 3.55. The first-order valence-corrected chi connectivity index (χ1v) is 9.89. The molecule has 144 valence electrons. The molecular weight excluding hydrogens is 397 g/mol. The zero-order valence-electron chi connectivity index (χ0n) is 15.1. The Morgan fingerprint density at radius 1 is 1.07 bits per heavy atom. The molecule has 2 heterocycles. The van der Waals surface area contributed by atoms with E-state index < -0.39 is 0 Å². The van der Waals surface area contributed by atoms with Gasteiger partial charge in [0.2, 0.25) is 5.89 Å². The molecular formula is C21H19Cl2N3O2. The molecule has 1 aromatic heterocycles. The molecule has 1 fully saturated rings. The number of likely N-dealkylation sites (tertiary alicyclic amines) is 1. The predicted octanol–water partition coefficient (Wildman–Crippen LogP) is 5.50. The van der Waals surface area contributed by atoms with Gasteiger partial charge in [0.05, 0.1) is 18.3 Å². The van der Waals surface area contributed by atoms with Gasteiger partial charge in [0, 0.05) is 34.4 Å². The van der Waals surface area contributed by atoms with Gasteiger partial charge in [-0.25, -0.2) is 4.98 Å². The fraction of sp³-hybridized carbons (Fsp3) is 0.238. The molecule has 0 atom stereocenters. The summed E-state index contributed by atoms with van der Waals surface area (Å²) < 4.78 is 5.82. The van der Waals surface area contributed by atoms with Crippen molar-refractivity contribution in [2.24, 2.45) is 0 Å². The highest BCUT2D eigenvalue weighted by Crippen LogP contribution is 2.26. The number of amides is 1. The summed E-state index contributed by atoms with van der Waals surface area (Å²) in [5.41, 5.74) is 2.19. The maximum Gasteiger partial charge on any atom is 0.256 e. The number of nitrogens with one attached hydrogen (secondary N) is 1. The highest BCUT2D eigenvalue weighted by molar-refractivity contribution is 6.31. The summed E-state index contributed by atoms with van der Waals surface area (Å²) >= 11 is 12.1. The second-order valence-corrected chi connectivity index (χ2v) is 7.54. The lowest BCUT2D eigenvalue weighted by Gasteiger charge is -2.18.